The maximum absolute atomic E-state index is 12.8. The van der Waals surface area contributed by atoms with E-state index in [4.69, 9.17) is 9.47 Å². The van der Waals surface area contributed by atoms with Crippen molar-refractivity contribution < 1.29 is 14.3 Å². The molecule has 3 aliphatic heterocycles. The molecule has 134 valence electrons. The minimum atomic E-state index is -0.240. The molecule has 3 heterocycles. The average Bonchev–Trinajstić information content (AvgIpc) is 2.77. The summed E-state index contributed by atoms with van der Waals surface area (Å²) < 4.78 is 11.1. The van der Waals surface area contributed by atoms with E-state index in [2.05, 4.69) is 23.6 Å². The second-order valence-corrected chi connectivity index (χ2v) is 7.09. The van der Waals surface area contributed by atoms with Gasteiger partial charge in [0.25, 0.3) is 0 Å². The lowest BCUT2D eigenvalue weighted by Crippen LogP contribution is -2.50. The molecule has 2 fully saturated rings. The van der Waals surface area contributed by atoms with Crippen molar-refractivity contribution in [2.45, 2.75) is 37.8 Å². The Morgan fingerprint density at radius 1 is 1.20 bits per heavy atom. The number of hydrogen-bond acceptors (Lipinski definition) is 4. The normalized spacial score (nSPS) is 24.1. The highest BCUT2D eigenvalue weighted by atomic mass is 16.5. The van der Waals surface area contributed by atoms with Crippen LogP contribution in [0.2, 0.25) is 0 Å². The number of nitrogens with one attached hydrogen (secondary N) is 2. The van der Waals surface area contributed by atoms with Gasteiger partial charge in [0.1, 0.15) is 11.5 Å². The summed E-state index contributed by atoms with van der Waals surface area (Å²) in [5.41, 5.74) is 3.09. The van der Waals surface area contributed by atoms with Gasteiger partial charge in [-0.25, -0.2) is 4.79 Å². The van der Waals surface area contributed by atoms with Gasteiger partial charge in [-0.05, 0) is 37.6 Å². The molecule has 0 aliphatic carbocycles. The first-order chi connectivity index (χ1) is 12.1. The number of allylic oxidation sites excluding steroid dienone is 1. The molecule has 2 saturated heterocycles. The molecule has 0 bridgehead atoms. The lowest BCUT2D eigenvalue weighted by Gasteiger charge is -2.35. The van der Waals surface area contributed by atoms with Gasteiger partial charge in [-0.15, -0.1) is 0 Å². The van der Waals surface area contributed by atoms with Crippen LogP contribution >= 0.6 is 0 Å². The maximum Gasteiger partial charge on any atom is 0.322 e. The van der Waals surface area contributed by atoms with Crippen LogP contribution in [0.1, 0.15) is 36.8 Å². The van der Waals surface area contributed by atoms with Crippen molar-refractivity contribution in [3.63, 3.8) is 0 Å². The monoisotopic (exact) mass is 343 g/mol. The molecule has 0 saturated carbocycles. The van der Waals surface area contributed by atoms with Gasteiger partial charge in [0.05, 0.1) is 26.3 Å². The minimum Gasteiger partial charge on any atom is -0.497 e. The fraction of sp³-hybridized carbons (Fsp3) is 0.526. The summed E-state index contributed by atoms with van der Waals surface area (Å²) in [5.74, 6) is 1.73. The first-order valence-electron chi connectivity index (χ1n) is 8.85. The van der Waals surface area contributed by atoms with Gasteiger partial charge in [-0.2, -0.15) is 0 Å². The SMILES string of the molecule is COc1cc2c(c(OC)c1)[C@H](C)C=C1N(C2)C(=O)NC12CCNCC2. The number of amides is 2. The van der Waals surface area contributed by atoms with E-state index in [1.807, 2.05) is 17.0 Å². The van der Waals surface area contributed by atoms with Crippen molar-refractivity contribution in [3.05, 3.63) is 35.0 Å². The largest absolute Gasteiger partial charge is 0.497 e. The van der Waals surface area contributed by atoms with E-state index in [1.165, 1.54) is 0 Å². The zero-order valence-electron chi connectivity index (χ0n) is 15.0. The number of rotatable bonds is 2. The summed E-state index contributed by atoms with van der Waals surface area (Å²) >= 11 is 0. The van der Waals surface area contributed by atoms with E-state index in [0.717, 1.165) is 54.3 Å². The van der Waals surface area contributed by atoms with Crippen molar-refractivity contribution in [3.8, 4) is 11.5 Å². The zero-order chi connectivity index (χ0) is 17.6. The summed E-state index contributed by atoms with van der Waals surface area (Å²) in [6, 6.07) is 3.94. The molecule has 4 rings (SSSR count). The number of piperidine rings is 1. The predicted octanol–water partition coefficient (Wildman–Crippen LogP) is 2.35. The number of nitrogens with zero attached hydrogens (tertiary/aromatic N) is 1. The Balaban J connectivity index is 1.82. The van der Waals surface area contributed by atoms with E-state index in [9.17, 15) is 4.79 Å². The molecule has 1 atom stereocenters. The Morgan fingerprint density at radius 3 is 2.64 bits per heavy atom. The highest BCUT2D eigenvalue weighted by molar-refractivity contribution is 5.82. The van der Waals surface area contributed by atoms with Crippen LogP contribution in [0.15, 0.2) is 23.9 Å². The highest BCUT2D eigenvalue weighted by Crippen LogP contribution is 2.44. The highest BCUT2D eigenvalue weighted by Gasteiger charge is 2.48. The molecular weight excluding hydrogens is 318 g/mol. The molecule has 1 spiro atoms. The minimum absolute atomic E-state index is 0.00464. The van der Waals surface area contributed by atoms with Crippen LogP contribution in [0, 0.1) is 0 Å². The van der Waals surface area contributed by atoms with Crippen LogP contribution in [-0.4, -0.2) is 43.8 Å². The molecule has 3 aliphatic rings. The molecule has 0 radical (unpaired) electrons. The molecule has 2 amide bonds. The molecule has 0 aromatic heterocycles. The second-order valence-electron chi connectivity index (χ2n) is 7.09. The van der Waals surface area contributed by atoms with Crippen molar-refractivity contribution in [1.82, 2.24) is 15.5 Å². The third-order valence-electron chi connectivity index (χ3n) is 5.68. The molecule has 6 heteroatoms. The molecule has 6 nitrogen and oxygen atoms in total. The van der Waals surface area contributed by atoms with Gasteiger partial charge in [0.15, 0.2) is 0 Å². The Hall–Kier alpha value is -2.21. The van der Waals surface area contributed by atoms with Crippen LogP contribution in [0.3, 0.4) is 0 Å². The van der Waals surface area contributed by atoms with Crippen molar-refractivity contribution >= 4 is 6.03 Å². The van der Waals surface area contributed by atoms with Crippen molar-refractivity contribution in [2.75, 3.05) is 27.3 Å². The van der Waals surface area contributed by atoms with Gasteiger partial charge in [-0.1, -0.05) is 13.0 Å². The van der Waals surface area contributed by atoms with Gasteiger partial charge in [0, 0.05) is 23.2 Å². The van der Waals surface area contributed by atoms with Gasteiger partial charge < -0.3 is 20.1 Å². The van der Waals surface area contributed by atoms with E-state index in [0.29, 0.717) is 6.54 Å². The van der Waals surface area contributed by atoms with Crippen LogP contribution < -0.4 is 20.1 Å². The standard InChI is InChI=1S/C19H25N3O3/c1-12-8-16-19(4-6-20-7-5-19)21-18(23)22(16)11-13-9-14(24-2)10-15(25-3)17(12)13/h8-10,12,20H,4-7,11H2,1-3H3,(H,21,23)/t12-/m1/s1. The third-order valence-corrected chi connectivity index (χ3v) is 5.68. The summed E-state index contributed by atoms with van der Waals surface area (Å²) in [4.78, 5) is 14.6. The summed E-state index contributed by atoms with van der Waals surface area (Å²) in [7, 11) is 3.33. The molecule has 1 aromatic carbocycles. The Labute approximate surface area is 148 Å². The van der Waals surface area contributed by atoms with E-state index < -0.39 is 0 Å². The van der Waals surface area contributed by atoms with Crippen LogP contribution in [-0.2, 0) is 6.54 Å². The predicted molar refractivity (Wildman–Crippen MR) is 95.0 cm³/mol. The number of carbonyl (C=O) groups excluding carboxylic acids is 1. The fourth-order valence-electron chi connectivity index (χ4n) is 4.43. The molecule has 1 aromatic rings. The lowest BCUT2D eigenvalue weighted by molar-refractivity contribution is 0.220. The number of ether oxygens (including phenoxy) is 2. The van der Waals surface area contributed by atoms with E-state index >= 15 is 0 Å². The first-order valence-corrected chi connectivity index (χ1v) is 8.85. The summed E-state index contributed by atoms with van der Waals surface area (Å²) in [5, 5.41) is 6.65. The molecule has 2 N–H and O–H groups in total. The van der Waals surface area contributed by atoms with Crippen molar-refractivity contribution in [1.29, 1.82) is 0 Å². The van der Waals surface area contributed by atoms with Crippen LogP contribution in [0.5, 0.6) is 11.5 Å². The topological polar surface area (TPSA) is 62.8 Å². The molecule has 25 heavy (non-hydrogen) atoms. The smallest absolute Gasteiger partial charge is 0.322 e. The Kier molecular flexibility index (Phi) is 3.87. The molecule has 0 unspecified atom stereocenters. The number of fused-ring (bicyclic) bond motifs is 3. The average molecular weight is 343 g/mol. The van der Waals surface area contributed by atoms with E-state index in [1.54, 1.807) is 14.2 Å². The Bertz CT molecular complexity index is 738. The zero-order valence-corrected chi connectivity index (χ0v) is 15.0. The van der Waals surface area contributed by atoms with E-state index in [-0.39, 0.29) is 17.5 Å². The van der Waals surface area contributed by atoms with Crippen molar-refractivity contribution in [2.24, 2.45) is 0 Å². The summed E-state index contributed by atoms with van der Waals surface area (Å²) in [6.45, 7) is 4.55. The Morgan fingerprint density at radius 2 is 1.96 bits per heavy atom. The van der Waals surface area contributed by atoms with Crippen LogP contribution in [0.25, 0.3) is 0 Å². The number of benzene rings is 1. The molecular formula is C19H25N3O3. The maximum atomic E-state index is 12.8. The number of hydrogen-bond donors (Lipinski definition) is 2. The quantitative estimate of drug-likeness (QED) is 0.865. The fourth-order valence-corrected chi connectivity index (χ4v) is 4.43. The first kappa shape index (κ1) is 16.3. The number of methoxy groups -OCH3 is 2. The number of urea groups is 1. The van der Waals surface area contributed by atoms with Gasteiger partial charge in [0.2, 0.25) is 0 Å². The number of carbonyl (C=O) groups is 1. The lowest BCUT2D eigenvalue weighted by atomic mass is 9.84. The second kappa shape index (κ2) is 5.95. The summed E-state index contributed by atoms with van der Waals surface area (Å²) in [6.07, 6.45) is 4.08. The van der Waals surface area contributed by atoms with Crippen LogP contribution in [0.4, 0.5) is 4.79 Å². The third kappa shape index (κ3) is 2.47. The van der Waals surface area contributed by atoms with Gasteiger partial charge >= 0.3 is 6.03 Å². The van der Waals surface area contributed by atoms with Gasteiger partial charge in [-0.3, -0.25) is 4.90 Å².